The molecule has 8 nitrogen and oxygen atoms in total. The zero-order chi connectivity index (χ0) is 21.7. The lowest BCUT2D eigenvalue weighted by Gasteiger charge is -2.39. The fourth-order valence-corrected chi connectivity index (χ4v) is 3.72. The Morgan fingerprint density at radius 1 is 1.21 bits per heavy atom. The molecule has 1 aliphatic heterocycles. The van der Waals surface area contributed by atoms with Gasteiger partial charge in [-0.25, -0.2) is 0 Å². The van der Waals surface area contributed by atoms with Gasteiger partial charge in [-0.3, -0.25) is 14.5 Å². The monoisotopic (exact) mass is 406 g/mol. The van der Waals surface area contributed by atoms with E-state index in [9.17, 15) is 9.59 Å². The molecule has 0 aliphatic carbocycles. The number of carbonyl (C=O) groups is 2. The molecule has 8 heteroatoms. The number of rotatable bonds is 8. The maximum absolute atomic E-state index is 12.4. The molecule has 2 amide bonds. The predicted molar refractivity (Wildman–Crippen MR) is 112 cm³/mol. The highest BCUT2D eigenvalue weighted by Crippen LogP contribution is 2.38. The van der Waals surface area contributed by atoms with Crippen molar-refractivity contribution in [3.63, 3.8) is 0 Å². The summed E-state index contributed by atoms with van der Waals surface area (Å²) >= 11 is 0. The summed E-state index contributed by atoms with van der Waals surface area (Å²) in [7, 11) is 5.27. The first-order valence-electron chi connectivity index (χ1n) is 9.97. The number of methoxy groups -OCH3 is 2. The third kappa shape index (κ3) is 5.39. The molecular weight excluding hydrogens is 372 g/mol. The molecule has 4 N–H and O–H groups in total. The summed E-state index contributed by atoms with van der Waals surface area (Å²) in [4.78, 5) is 26.6. The average Bonchev–Trinajstić information content (AvgIpc) is 2.69. The van der Waals surface area contributed by atoms with Gasteiger partial charge in [-0.05, 0) is 49.6 Å². The van der Waals surface area contributed by atoms with Gasteiger partial charge >= 0.3 is 0 Å². The molecule has 0 spiro atoms. The van der Waals surface area contributed by atoms with Crippen molar-refractivity contribution >= 4 is 11.8 Å². The van der Waals surface area contributed by atoms with Crippen molar-refractivity contribution in [2.24, 2.45) is 11.7 Å². The van der Waals surface area contributed by atoms with Gasteiger partial charge in [0.2, 0.25) is 11.8 Å². The second kappa shape index (κ2) is 9.93. The molecule has 1 aromatic carbocycles. The molecule has 1 heterocycles. The number of ether oxygens (including phenoxy) is 2. The lowest BCUT2D eigenvalue weighted by Crippen LogP contribution is -2.50. The fraction of sp³-hybridized carbons (Fsp3) is 0.619. The van der Waals surface area contributed by atoms with E-state index in [-0.39, 0.29) is 36.4 Å². The Kier molecular flexibility index (Phi) is 7.87. The largest absolute Gasteiger partial charge is 0.493 e. The van der Waals surface area contributed by atoms with E-state index in [2.05, 4.69) is 15.5 Å². The van der Waals surface area contributed by atoms with Crippen LogP contribution in [0.1, 0.15) is 37.9 Å². The smallest absolute Gasteiger partial charge is 0.239 e. The first kappa shape index (κ1) is 23.0. The van der Waals surface area contributed by atoms with Gasteiger partial charge in [-0.15, -0.1) is 0 Å². The van der Waals surface area contributed by atoms with E-state index in [0.29, 0.717) is 11.5 Å². The van der Waals surface area contributed by atoms with Crippen LogP contribution in [0.4, 0.5) is 0 Å². The second-order valence-electron chi connectivity index (χ2n) is 7.93. The molecule has 1 aliphatic rings. The summed E-state index contributed by atoms with van der Waals surface area (Å²) in [6, 6.07) is 3.19. The van der Waals surface area contributed by atoms with Crippen molar-refractivity contribution in [1.82, 2.24) is 15.5 Å². The fourth-order valence-electron chi connectivity index (χ4n) is 3.72. The molecule has 0 aromatic heterocycles. The minimum absolute atomic E-state index is 0.0105. The molecular formula is C21H34N4O4. The van der Waals surface area contributed by atoms with Gasteiger partial charge in [0.15, 0.2) is 11.5 Å². The van der Waals surface area contributed by atoms with Crippen LogP contribution in [0.15, 0.2) is 12.1 Å². The minimum Gasteiger partial charge on any atom is -0.493 e. The van der Waals surface area contributed by atoms with E-state index in [1.807, 2.05) is 40.0 Å². The SMILES string of the molecule is COc1cc2c(cc1OC)[C@@H]([C@H](C)NC(=O)CNC(=O)[C@@H](N)C(C)C)N(C)CC2. The number of nitrogens with two attached hydrogens (primary N) is 1. The zero-order valence-electron chi connectivity index (χ0n) is 18.2. The predicted octanol–water partition coefficient (Wildman–Crippen LogP) is 0.837. The lowest BCUT2D eigenvalue weighted by atomic mass is 9.88. The van der Waals surface area contributed by atoms with Gasteiger partial charge in [0, 0.05) is 12.6 Å². The Balaban J connectivity index is 2.10. The van der Waals surface area contributed by atoms with Crippen molar-refractivity contribution in [3.8, 4) is 11.5 Å². The number of benzene rings is 1. The maximum Gasteiger partial charge on any atom is 0.239 e. The first-order chi connectivity index (χ1) is 13.7. The maximum atomic E-state index is 12.4. The van der Waals surface area contributed by atoms with Crippen LogP contribution in [-0.4, -0.2) is 63.2 Å². The molecule has 0 bridgehead atoms. The molecule has 0 saturated carbocycles. The highest BCUT2D eigenvalue weighted by Gasteiger charge is 2.31. The Labute approximate surface area is 173 Å². The Hall–Kier alpha value is -2.32. The van der Waals surface area contributed by atoms with Crippen LogP contribution in [0, 0.1) is 5.92 Å². The molecule has 0 unspecified atom stereocenters. The number of carbonyl (C=O) groups excluding carboxylic acids is 2. The Morgan fingerprint density at radius 3 is 2.41 bits per heavy atom. The first-order valence-corrected chi connectivity index (χ1v) is 9.97. The third-order valence-electron chi connectivity index (χ3n) is 5.48. The number of amides is 2. The molecule has 0 fully saturated rings. The molecule has 2 rings (SSSR count). The highest BCUT2D eigenvalue weighted by molar-refractivity contribution is 5.87. The topological polar surface area (TPSA) is 106 Å². The average molecular weight is 407 g/mol. The normalized spacial score (nSPS) is 18.6. The van der Waals surface area contributed by atoms with Crippen LogP contribution in [0.2, 0.25) is 0 Å². The summed E-state index contributed by atoms with van der Waals surface area (Å²) in [6.07, 6.45) is 0.895. The number of hydrogen-bond acceptors (Lipinski definition) is 6. The van der Waals surface area contributed by atoms with E-state index in [1.54, 1.807) is 14.2 Å². The molecule has 0 saturated heterocycles. The lowest BCUT2D eigenvalue weighted by molar-refractivity contribution is -0.127. The van der Waals surface area contributed by atoms with Gasteiger partial charge in [0.1, 0.15) is 0 Å². The van der Waals surface area contributed by atoms with Gasteiger partial charge in [-0.1, -0.05) is 13.8 Å². The van der Waals surface area contributed by atoms with Gasteiger partial charge in [0.05, 0.1) is 32.8 Å². The number of fused-ring (bicyclic) bond motifs is 1. The second-order valence-corrected chi connectivity index (χ2v) is 7.93. The van der Waals surface area contributed by atoms with Crippen LogP contribution in [0.3, 0.4) is 0 Å². The number of nitrogens with one attached hydrogen (secondary N) is 2. The van der Waals surface area contributed by atoms with Crippen molar-refractivity contribution in [2.45, 2.75) is 45.3 Å². The van der Waals surface area contributed by atoms with Crippen LogP contribution < -0.4 is 25.8 Å². The van der Waals surface area contributed by atoms with Crippen molar-refractivity contribution < 1.29 is 19.1 Å². The van der Waals surface area contributed by atoms with Crippen LogP contribution in [0.5, 0.6) is 11.5 Å². The number of likely N-dealkylation sites (N-methyl/N-ethyl adjacent to an activating group) is 1. The summed E-state index contributed by atoms with van der Waals surface area (Å²) in [6.45, 7) is 6.47. The van der Waals surface area contributed by atoms with Gasteiger partial charge < -0.3 is 25.8 Å². The van der Waals surface area contributed by atoms with Gasteiger partial charge in [-0.2, -0.15) is 0 Å². The third-order valence-corrected chi connectivity index (χ3v) is 5.48. The van der Waals surface area contributed by atoms with Crippen molar-refractivity contribution in [1.29, 1.82) is 0 Å². The quantitative estimate of drug-likeness (QED) is 0.591. The van der Waals surface area contributed by atoms with Crippen LogP contribution in [0.25, 0.3) is 0 Å². The molecule has 162 valence electrons. The van der Waals surface area contributed by atoms with E-state index < -0.39 is 6.04 Å². The molecule has 1 aromatic rings. The van der Waals surface area contributed by atoms with E-state index in [0.717, 1.165) is 18.5 Å². The molecule has 29 heavy (non-hydrogen) atoms. The summed E-state index contributed by atoms with van der Waals surface area (Å²) in [5.74, 6) is 0.814. The highest BCUT2D eigenvalue weighted by atomic mass is 16.5. The Bertz CT molecular complexity index is 738. The van der Waals surface area contributed by atoms with Gasteiger partial charge in [0.25, 0.3) is 0 Å². The zero-order valence-corrected chi connectivity index (χ0v) is 18.2. The van der Waals surface area contributed by atoms with E-state index in [4.69, 9.17) is 15.2 Å². The summed E-state index contributed by atoms with van der Waals surface area (Å²) in [5.41, 5.74) is 8.10. The minimum atomic E-state index is -0.626. The van der Waals surface area contributed by atoms with Crippen LogP contribution >= 0.6 is 0 Å². The molecule has 0 radical (unpaired) electrons. The Morgan fingerprint density at radius 2 is 1.83 bits per heavy atom. The standard InChI is InChI=1S/C21H34N4O4/c1-12(2)19(22)21(27)23-11-18(26)24-13(3)20-15-10-17(29-6)16(28-5)9-14(15)7-8-25(20)4/h9-10,12-13,19-20H,7-8,11,22H2,1-6H3,(H,23,27)(H,24,26)/t13-,19-,20+/m0/s1. The van der Waals surface area contributed by atoms with E-state index in [1.165, 1.54) is 5.56 Å². The number of nitrogens with zero attached hydrogens (tertiary/aromatic N) is 1. The van der Waals surface area contributed by atoms with Crippen molar-refractivity contribution in [3.05, 3.63) is 23.3 Å². The van der Waals surface area contributed by atoms with E-state index >= 15 is 0 Å². The summed E-state index contributed by atoms with van der Waals surface area (Å²) in [5, 5.41) is 5.61. The molecule has 3 atom stereocenters. The summed E-state index contributed by atoms with van der Waals surface area (Å²) < 4.78 is 10.9. The van der Waals surface area contributed by atoms with Crippen molar-refractivity contribution in [2.75, 3.05) is 34.4 Å². The van der Waals surface area contributed by atoms with Crippen LogP contribution in [-0.2, 0) is 16.0 Å². The number of hydrogen-bond donors (Lipinski definition) is 3.